The van der Waals surface area contributed by atoms with Gasteiger partial charge in [0.25, 0.3) is 0 Å². The Morgan fingerprint density at radius 3 is 2.27 bits per heavy atom. The van der Waals surface area contributed by atoms with Crippen molar-refractivity contribution in [3.63, 3.8) is 0 Å². The third kappa shape index (κ3) is 2.96. The molecule has 1 heterocycles. The lowest BCUT2D eigenvalue weighted by atomic mass is 10.1. The molecule has 114 valence electrons. The van der Waals surface area contributed by atoms with Gasteiger partial charge in [-0.1, -0.05) is 18.2 Å². The van der Waals surface area contributed by atoms with Crippen LogP contribution in [-0.4, -0.2) is 36.0 Å². The lowest BCUT2D eigenvalue weighted by Gasteiger charge is -2.05. The summed E-state index contributed by atoms with van der Waals surface area (Å²) in [6, 6.07) is 8.65. The Morgan fingerprint density at radius 1 is 1.05 bits per heavy atom. The van der Waals surface area contributed by atoms with Gasteiger partial charge in [0.05, 0.1) is 16.9 Å². The molecular formula is C14H11NO6S. The molecule has 7 nitrogen and oxygen atoms in total. The minimum atomic E-state index is -3.96. The number of sulfone groups is 1. The SMILES string of the molecule is O=C(O)C(=O)CC(=O)c1cc[nH]c1S(=O)(=O)c1ccccc1. The number of carboxylic acids is 1. The van der Waals surface area contributed by atoms with Gasteiger partial charge in [-0.3, -0.25) is 9.59 Å². The largest absolute Gasteiger partial charge is 0.475 e. The number of Topliss-reactive ketones (excluding diaryl/α,β-unsaturated/α-hetero) is 2. The minimum absolute atomic E-state index is 0.0175. The van der Waals surface area contributed by atoms with Crippen LogP contribution in [0.4, 0.5) is 0 Å². The highest BCUT2D eigenvalue weighted by Gasteiger charge is 2.27. The number of nitrogens with one attached hydrogen (secondary N) is 1. The van der Waals surface area contributed by atoms with E-state index in [0.29, 0.717) is 0 Å². The zero-order valence-electron chi connectivity index (χ0n) is 11.1. The molecule has 0 amide bonds. The van der Waals surface area contributed by atoms with Gasteiger partial charge < -0.3 is 10.1 Å². The molecule has 0 bridgehead atoms. The van der Waals surface area contributed by atoms with Gasteiger partial charge in [0.1, 0.15) is 5.03 Å². The standard InChI is InChI=1S/C14H11NO6S/c16-11(8-12(17)14(18)19)10-6-7-15-13(10)22(20,21)9-4-2-1-3-5-9/h1-7,15H,8H2,(H,18,19). The van der Waals surface area contributed by atoms with E-state index in [4.69, 9.17) is 5.11 Å². The first-order valence-corrected chi connectivity index (χ1v) is 7.59. The number of benzene rings is 1. The topological polar surface area (TPSA) is 121 Å². The molecule has 1 aromatic heterocycles. The van der Waals surface area contributed by atoms with E-state index in [-0.39, 0.29) is 15.5 Å². The predicted molar refractivity (Wildman–Crippen MR) is 74.3 cm³/mol. The van der Waals surface area contributed by atoms with Crippen LogP contribution in [-0.2, 0) is 19.4 Å². The molecule has 0 fully saturated rings. The number of carbonyl (C=O) groups is 3. The molecule has 0 atom stereocenters. The predicted octanol–water partition coefficient (Wildman–Crippen LogP) is 1.07. The summed E-state index contributed by atoms with van der Waals surface area (Å²) in [4.78, 5) is 36.0. The summed E-state index contributed by atoms with van der Waals surface area (Å²) in [6.45, 7) is 0. The number of hydrogen-bond donors (Lipinski definition) is 2. The van der Waals surface area contributed by atoms with Crippen LogP contribution in [0.2, 0.25) is 0 Å². The highest BCUT2D eigenvalue weighted by molar-refractivity contribution is 7.91. The summed E-state index contributed by atoms with van der Waals surface area (Å²) < 4.78 is 24.9. The fourth-order valence-corrected chi connectivity index (χ4v) is 3.28. The molecule has 1 aromatic carbocycles. The lowest BCUT2D eigenvalue weighted by Crippen LogP contribution is -2.18. The van der Waals surface area contributed by atoms with E-state index in [9.17, 15) is 22.8 Å². The maximum absolute atomic E-state index is 12.5. The van der Waals surface area contributed by atoms with Crippen LogP contribution in [0.25, 0.3) is 0 Å². The van der Waals surface area contributed by atoms with Crippen molar-refractivity contribution in [1.29, 1.82) is 0 Å². The molecular weight excluding hydrogens is 310 g/mol. The van der Waals surface area contributed by atoms with Gasteiger partial charge in [-0.25, -0.2) is 13.2 Å². The molecule has 0 aliphatic rings. The fourth-order valence-electron chi connectivity index (χ4n) is 1.83. The molecule has 2 N–H and O–H groups in total. The number of carboxylic acid groups (broad SMARTS) is 1. The fraction of sp³-hybridized carbons (Fsp3) is 0.0714. The first-order chi connectivity index (χ1) is 10.3. The van der Waals surface area contributed by atoms with Crippen molar-refractivity contribution in [3.05, 3.63) is 48.2 Å². The van der Waals surface area contributed by atoms with Crippen molar-refractivity contribution < 1.29 is 27.9 Å². The first kappa shape index (κ1) is 15.6. The molecule has 2 rings (SSSR count). The molecule has 8 heteroatoms. The van der Waals surface area contributed by atoms with Crippen molar-refractivity contribution in [3.8, 4) is 0 Å². The van der Waals surface area contributed by atoms with Crippen LogP contribution in [0, 0.1) is 0 Å². The van der Waals surface area contributed by atoms with Gasteiger partial charge in [0, 0.05) is 6.20 Å². The first-order valence-electron chi connectivity index (χ1n) is 6.11. The number of hydrogen-bond acceptors (Lipinski definition) is 5. The summed E-state index contributed by atoms with van der Waals surface area (Å²) >= 11 is 0. The van der Waals surface area contributed by atoms with Crippen molar-refractivity contribution in [2.45, 2.75) is 16.3 Å². The Balaban J connectivity index is 2.40. The zero-order valence-corrected chi connectivity index (χ0v) is 12.0. The molecule has 0 aliphatic heterocycles. The Morgan fingerprint density at radius 2 is 1.68 bits per heavy atom. The smallest absolute Gasteiger partial charge is 0.372 e. The van der Waals surface area contributed by atoms with E-state index in [0.717, 1.165) is 0 Å². The average molecular weight is 321 g/mol. The van der Waals surface area contributed by atoms with E-state index in [2.05, 4.69) is 4.98 Å². The van der Waals surface area contributed by atoms with Gasteiger partial charge >= 0.3 is 5.97 Å². The molecule has 0 spiro atoms. The van der Waals surface area contributed by atoms with Crippen LogP contribution in [0.15, 0.2) is 52.5 Å². The second-order valence-corrected chi connectivity index (χ2v) is 6.25. The molecule has 2 aromatic rings. The van der Waals surface area contributed by atoms with Crippen LogP contribution < -0.4 is 0 Å². The Kier molecular flexibility index (Phi) is 4.22. The quantitative estimate of drug-likeness (QED) is 0.466. The van der Waals surface area contributed by atoms with Gasteiger partial charge in [-0.2, -0.15) is 0 Å². The molecule has 0 aliphatic carbocycles. The van der Waals surface area contributed by atoms with Crippen molar-refractivity contribution >= 4 is 27.4 Å². The molecule has 0 radical (unpaired) electrons. The molecule has 0 saturated carbocycles. The van der Waals surface area contributed by atoms with Crippen LogP contribution >= 0.6 is 0 Å². The maximum Gasteiger partial charge on any atom is 0.372 e. The highest BCUT2D eigenvalue weighted by atomic mass is 32.2. The third-order valence-electron chi connectivity index (χ3n) is 2.89. The number of rotatable bonds is 6. The number of H-pyrrole nitrogens is 1. The van der Waals surface area contributed by atoms with E-state index in [1.165, 1.54) is 36.5 Å². The van der Waals surface area contributed by atoms with Crippen molar-refractivity contribution in [1.82, 2.24) is 4.98 Å². The van der Waals surface area contributed by atoms with Gasteiger partial charge in [0.15, 0.2) is 5.78 Å². The lowest BCUT2D eigenvalue weighted by molar-refractivity contribution is -0.148. The number of carbonyl (C=O) groups excluding carboxylic acids is 2. The van der Waals surface area contributed by atoms with E-state index in [1.807, 2.05) is 0 Å². The monoisotopic (exact) mass is 321 g/mol. The number of aliphatic carboxylic acids is 1. The summed E-state index contributed by atoms with van der Waals surface area (Å²) in [5.41, 5.74) is -0.238. The van der Waals surface area contributed by atoms with Gasteiger partial charge in [-0.15, -0.1) is 0 Å². The summed E-state index contributed by atoms with van der Waals surface area (Å²) in [5.74, 6) is -3.91. The Hall–Kier alpha value is -2.74. The summed E-state index contributed by atoms with van der Waals surface area (Å²) in [7, 11) is -3.96. The van der Waals surface area contributed by atoms with Gasteiger partial charge in [0.2, 0.25) is 15.6 Å². The normalized spacial score (nSPS) is 11.1. The Labute approximate surface area is 125 Å². The second-order valence-electron chi connectivity index (χ2n) is 4.37. The Bertz CT molecular complexity index is 835. The van der Waals surface area contributed by atoms with E-state index >= 15 is 0 Å². The van der Waals surface area contributed by atoms with Crippen molar-refractivity contribution in [2.75, 3.05) is 0 Å². The average Bonchev–Trinajstić information content (AvgIpc) is 2.98. The molecule has 0 saturated heterocycles. The van der Waals surface area contributed by atoms with E-state index in [1.54, 1.807) is 6.07 Å². The van der Waals surface area contributed by atoms with Crippen LogP contribution in [0.3, 0.4) is 0 Å². The van der Waals surface area contributed by atoms with Crippen molar-refractivity contribution in [2.24, 2.45) is 0 Å². The minimum Gasteiger partial charge on any atom is -0.475 e. The van der Waals surface area contributed by atoms with Gasteiger partial charge in [-0.05, 0) is 18.2 Å². The summed E-state index contributed by atoms with van der Waals surface area (Å²) in [5, 5.41) is 8.15. The third-order valence-corrected chi connectivity index (χ3v) is 4.66. The molecule has 22 heavy (non-hydrogen) atoms. The highest BCUT2D eigenvalue weighted by Crippen LogP contribution is 2.23. The zero-order chi connectivity index (χ0) is 16.3. The van der Waals surface area contributed by atoms with E-state index < -0.39 is 33.8 Å². The summed E-state index contributed by atoms with van der Waals surface area (Å²) in [6.07, 6.45) is 0.346. The van der Waals surface area contributed by atoms with Crippen LogP contribution in [0.5, 0.6) is 0 Å². The molecule has 0 unspecified atom stereocenters. The number of ketones is 2. The number of aromatic nitrogens is 1. The number of aromatic amines is 1. The van der Waals surface area contributed by atoms with Crippen LogP contribution in [0.1, 0.15) is 16.8 Å². The second kappa shape index (κ2) is 5.94. The maximum atomic E-state index is 12.5.